The van der Waals surface area contributed by atoms with Crippen LogP contribution in [0.5, 0.6) is 0 Å². The second kappa shape index (κ2) is 10.8. The molecule has 0 bridgehead atoms. The molecule has 0 saturated heterocycles. The van der Waals surface area contributed by atoms with Crippen molar-refractivity contribution < 1.29 is 26.4 Å². The van der Waals surface area contributed by atoms with E-state index in [-0.39, 0.29) is 24.0 Å². The molecule has 9 nitrogen and oxygen atoms in total. The highest BCUT2D eigenvalue weighted by Gasteiger charge is 2.46. The van der Waals surface area contributed by atoms with Gasteiger partial charge in [-0.15, -0.1) is 0 Å². The molecule has 0 spiro atoms. The summed E-state index contributed by atoms with van der Waals surface area (Å²) in [4.78, 5) is 15.2. The van der Waals surface area contributed by atoms with E-state index in [1.807, 2.05) is 7.05 Å². The van der Waals surface area contributed by atoms with E-state index in [0.29, 0.717) is 18.6 Å². The summed E-state index contributed by atoms with van der Waals surface area (Å²) in [5.41, 5.74) is 3.41. The van der Waals surface area contributed by atoms with Gasteiger partial charge in [0.2, 0.25) is 5.91 Å². The molecule has 1 aromatic carbocycles. The third-order valence-electron chi connectivity index (χ3n) is 5.33. The molecule has 0 radical (unpaired) electrons. The molecule has 1 aliphatic carbocycles. The number of nitriles is 1. The zero-order chi connectivity index (χ0) is 24.8. The Kier molecular flexibility index (Phi) is 8.57. The summed E-state index contributed by atoms with van der Waals surface area (Å²) in [6.45, 7) is 1.69. The van der Waals surface area contributed by atoms with Gasteiger partial charge < -0.3 is 11.1 Å². The summed E-state index contributed by atoms with van der Waals surface area (Å²) in [5, 5.41) is 16.9. The van der Waals surface area contributed by atoms with E-state index >= 15 is 0 Å². The lowest BCUT2D eigenvalue weighted by molar-refractivity contribution is -0.120. The fourth-order valence-electron chi connectivity index (χ4n) is 3.37. The van der Waals surface area contributed by atoms with Gasteiger partial charge in [-0.25, -0.2) is 13.4 Å². The highest BCUT2D eigenvalue weighted by Crippen LogP contribution is 2.31. The number of nitrogens with two attached hydrogens (primary N) is 1. The molecule has 1 aromatic rings. The number of amidine groups is 1. The van der Waals surface area contributed by atoms with Crippen LogP contribution in [0.15, 0.2) is 39.3 Å². The number of alkyl halides is 3. The fourth-order valence-corrected chi connectivity index (χ4v) is 4.13. The van der Waals surface area contributed by atoms with E-state index in [4.69, 9.17) is 5.73 Å². The Morgan fingerprint density at radius 3 is 2.45 bits per heavy atom. The van der Waals surface area contributed by atoms with E-state index in [1.54, 1.807) is 6.92 Å². The average molecular weight is 487 g/mol. The molecule has 1 fully saturated rings. The van der Waals surface area contributed by atoms with E-state index in [1.165, 1.54) is 0 Å². The summed E-state index contributed by atoms with van der Waals surface area (Å²) in [6.07, 6.45) is 2.14. The molecule has 0 aliphatic heterocycles. The van der Waals surface area contributed by atoms with Crippen molar-refractivity contribution in [1.82, 2.24) is 10.7 Å². The second-order valence-corrected chi connectivity index (χ2v) is 9.40. The molecule has 2 rings (SSSR count). The Morgan fingerprint density at radius 1 is 1.33 bits per heavy atom. The van der Waals surface area contributed by atoms with Gasteiger partial charge in [0.25, 0.3) is 9.84 Å². The van der Waals surface area contributed by atoms with Gasteiger partial charge >= 0.3 is 5.51 Å². The number of hydrogen-bond acceptors (Lipinski definition) is 7. The standard InChI is InChI=1S/C20H25F3N6O3S/c1-3-16(18(25)30)19(29-28-17-9-6-14(26-2)10-12(17)11-24)27-13-4-7-15(8-5-13)33(31,32)20(21,22)23/h4-5,7-8,12,14,16,26H,3,6,9-10H2,1-2H3,(H2,25,30)(H,27,29)/b28-17+. The van der Waals surface area contributed by atoms with Crippen molar-refractivity contribution in [3.05, 3.63) is 24.3 Å². The van der Waals surface area contributed by atoms with Crippen LogP contribution in [0.25, 0.3) is 0 Å². The maximum absolute atomic E-state index is 12.7. The van der Waals surface area contributed by atoms with Crippen molar-refractivity contribution in [3.63, 3.8) is 0 Å². The Balaban J connectivity index is 2.37. The molecule has 1 aliphatic rings. The first-order valence-corrected chi connectivity index (χ1v) is 11.6. The Hall–Kier alpha value is -2.98. The third kappa shape index (κ3) is 6.29. The first-order chi connectivity index (χ1) is 15.4. The molecule has 1 saturated carbocycles. The number of carbonyl (C=O) groups is 1. The molecular formula is C20H25F3N6O3S. The van der Waals surface area contributed by atoms with E-state index in [0.717, 1.165) is 30.7 Å². The van der Waals surface area contributed by atoms with Gasteiger partial charge in [-0.05, 0) is 57.0 Å². The molecule has 0 heterocycles. The molecule has 180 valence electrons. The smallest absolute Gasteiger partial charge is 0.369 e. The molecule has 1 amide bonds. The SMILES string of the molecule is CCC(C(N)=O)C(=Nc1ccc(S(=O)(=O)C(F)(F)F)cc1)N/N=C1\CCC(NC)CC1C#N. The summed E-state index contributed by atoms with van der Waals surface area (Å²) in [6, 6.07) is 6.10. The van der Waals surface area contributed by atoms with Crippen LogP contribution >= 0.6 is 0 Å². The number of aliphatic imine (C=N–C) groups is 1. The van der Waals surface area contributed by atoms with Crippen molar-refractivity contribution in [2.24, 2.45) is 27.7 Å². The Labute approximate surface area is 189 Å². The van der Waals surface area contributed by atoms with E-state index < -0.39 is 38.0 Å². The predicted molar refractivity (Wildman–Crippen MR) is 116 cm³/mol. The number of hydrogen-bond donors (Lipinski definition) is 3. The van der Waals surface area contributed by atoms with Gasteiger partial charge in [-0.2, -0.15) is 23.5 Å². The Bertz CT molecular complexity index is 1060. The number of halogens is 3. The van der Waals surface area contributed by atoms with Crippen LogP contribution < -0.4 is 16.5 Å². The molecule has 33 heavy (non-hydrogen) atoms. The predicted octanol–water partition coefficient (Wildman–Crippen LogP) is 2.38. The number of nitrogens with one attached hydrogen (secondary N) is 2. The quantitative estimate of drug-likeness (QED) is 0.306. The fraction of sp³-hybridized carbons (Fsp3) is 0.500. The van der Waals surface area contributed by atoms with Gasteiger partial charge in [-0.3, -0.25) is 10.2 Å². The van der Waals surface area contributed by atoms with Crippen LogP contribution in [0.3, 0.4) is 0 Å². The minimum atomic E-state index is -5.49. The lowest BCUT2D eigenvalue weighted by Crippen LogP contribution is -2.39. The minimum absolute atomic E-state index is 0.0383. The van der Waals surface area contributed by atoms with Crippen molar-refractivity contribution in [1.29, 1.82) is 5.26 Å². The van der Waals surface area contributed by atoms with Crippen molar-refractivity contribution in [3.8, 4) is 6.07 Å². The van der Waals surface area contributed by atoms with Crippen LogP contribution in [0.2, 0.25) is 0 Å². The summed E-state index contributed by atoms with van der Waals surface area (Å²) in [7, 11) is -3.68. The molecule has 3 unspecified atom stereocenters. The van der Waals surface area contributed by atoms with Crippen LogP contribution in [-0.4, -0.2) is 44.5 Å². The third-order valence-corrected chi connectivity index (χ3v) is 6.83. The second-order valence-electron chi connectivity index (χ2n) is 7.46. The Morgan fingerprint density at radius 2 is 1.97 bits per heavy atom. The first kappa shape index (κ1) is 26.3. The van der Waals surface area contributed by atoms with Crippen LogP contribution in [0.1, 0.15) is 32.6 Å². The van der Waals surface area contributed by atoms with Gasteiger partial charge in [0.05, 0.1) is 34.2 Å². The lowest BCUT2D eigenvalue weighted by atomic mass is 9.85. The van der Waals surface area contributed by atoms with E-state index in [9.17, 15) is 31.6 Å². The van der Waals surface area contributed by atoms with Crippen LogP contribution in [0, 0.1) is 23.2 Å². The van der Waals surface area contributed by atoms with Gasteiger partial charge in [-0.1, -0.05) is 6.92 Å². The number of amides is 1. The van der Waals surface area contributed by atoms with Crippen molar-refractivity contribution >= 4 is 33.0 Å². The zero-order valence-electron chi connectivity index (χ0n) is 18.1. The number of rotatable bonds is 7. The highest BCUT2D eigenvalue weighted by atomic mass is 32.2. The van der Waals surface area contributed by atoms with Gasteiger partial charge in [0, 0.05) is 6.04 Å². The number of carbonyl (C=O) groups excluding carboxylic acids is 1. The highest BCUT2D eigenvalue weighted by molar-refractivity contribution is 7.92. The lowest BCUT2D eigenvalue weighted by Gasteiger charge is -2.26. The van der Waals surface area contributed by atoms with Crippen molar-refractivity contribution in [2.45, 2.75) is 49.1 Å². The maximum Gasteiger partial charge on any atom is 0.501 e. The molecule has 3 atom stereocenters. The minimum Gasteiger partial charge on any atom is -0.369 e. The van der Waals surface area contributed by atoms with Gasteiger partial charge in [0.1, 0.15) is 5.84 Å². The van der Waals surface area contributed by atoms with Gasteiger partial charge in [0.15, 0.2) is 0 Å². The largest absolute Gasteiger partial charge is 0.501 e. The number of hydrazone groups is 1. The summed E-state index contributed by atoms with van der Waals surface area (Å²) >= 11 is 0. The monoisotopic (exact) mass is 486 g/mol. The summed E-state index contributed by atoms with van der Waals surface area (Å²) < 4.78 is 61.3. The molecule has 0 aromatic heterocycles. The number of primary amides is 1. The zero-order valence-corrected chi connectivity index (χ0v) is 18.9. The number of nitrogens with zero attached hydrogens (tertiary/aromatic N) is 3. The first-order valence-electron chi connectivity index (χ1n) is 10.1. The molecule has 13 heteroatoms. The normalized spacial score (nSPS) is 21.9. The topological polar surface area (TPSA) is 150 Å². The number of benzene rings is 1. The molecular weight excluding hydrogens is 461 g/mol. The molecule has 4 N–H and O–H groups in total. The maximum atomic E-state index is 12.7. The van der Waals surface area contributed by atoms with Crippen molar-refractivity contribution in [2.75, 3.05) is 7.05 Å². The van der Waals surface area contributed by atoms with Crippen LogP contribution in [0.4, 0.5) is 18.9 Å². The average Bonchev–Trinajstić information content (AvgIpc) is 2.77. The number of sulfone groups is 1. The summed E-state index contributed by atoms with van der Waals surface area (Å²) in [5.74, 6) is -1.99. The van der Waals surface area contributed by atoms with E-state index in [2.05, 4.69) is 26.9 Å². The van der Waals surface area contributed by atoms with Crippen LogP contribution in [-0.2, 0) is 14.6 Å².